The molecule has 9 heteroatoms. The number of benzene rings is 2. The molecular formula is C26H26N6O3. The number of hydrogen-bond acceptors (Lipinski definition) is 7. The summed E-state index contributed by atoms with van der Waals surface area (Å²) in [5.74, 6) is 1.34. The molecule has 1 atom stereocenters. The molecule has 2 aliphatic rings. The highest BCUT2D eigenvalue weighted by Crippen LogP contribution is 2.32. The van der Waals surface area contributed by atoms with Crippen LogP contribution in [0.1, 0.15) is 17.4 Å². The fourth-order valence-electron chi connectivity index (χ4n) is 4.92. The van der Waals surface area contributed by atoms with Gasteiger partial charge in [-0.15, -0.1) is 0 Å². The van der Waals surface area contributed by atoms with Crippen LogP contribution in [0.15, 0.2) is 60.9 Å². The van der Waals surface area contributed by atoms with Crippen molar-refractivity contribution in [2.75, 3.05) is 44.3 Å². The molecule has 4 heterocycles. The van der Waals surface area contributed by atoms with Gasteiger partial charge in [-0.25, -0.2) is 15.0 Å². The SMILES string of the molecule is O=C(CO)N1CCN(c2ncc(-c3ccc4nc5n(c4c3)[C@@H](c3ccccc3)COC5)cn2)CC1. The van der Waals surface area contributed by atoms with Crippen molar-refractivity contribution in [3.05, 3.63) is 72.3 Å². The molecule has 0 radical (unpaired) electrons. The first kappa shape index (κ1) is 21.7. The van der Waals surface area contributed by atoms with Crippen LogP contribution in [0.5, 0.6) is 0 Å². The average Bonchev–Trinajstić information content (AvgIpc) is 3.31. The van der Waals surface area contributed by atoms with Crippen molar-refractivity contribution in [3.8, 4) is 11.1 Å². The van der Waals surface area contributed by atoms with Crippen molar-refractivity contribution in [1.29, 1.82) is 0 Å². The molecule has 35 heavy (non-hydrogen) atoms. The molecule has 2 aliphatic heterocycles. The molecule has 0 bridgehead atoms. The second-order valence-electron chi connectivity index (χ2n) is 8.84. The summed E-state index contributed by atoms with van der Waals surface area (Å²) in [6.45, 7) is 3.06. The van der Waals surface area contributed by atoms with Gasteiger partial charge >= 0.3 is 0 Å². The van der Waals surface area contributed by atoms with Gasteiger partial charge in [-0.1, -0.05) is 36.4 Å². The number of aliphatic hydroxyl groups excluding tert-OH is 1. The van der Waals surface area contributed by atoms with Crippen molar-refractivity contribution in [2.45, 2.75) is 12.6 Å². The number of anilines is 1. The number of piperazine rings is 1. The van der Waals surface area contributed by atoms with E-state index in [1.165, 1.54) is 5.56 Å². The Morgan fingerprint density at radius 3 is 2.51 bits per heavy atom. The first-order valence-electron chi connectivity index (χ1n) is 11.8. The van der Waals surface area contributed by atoms with Crippen molar-refractivity contribution in [3.63, 3.8) is 0 Å². The fraction of sp³-hybridized carbons (Fsp3) is 0.308. The molecule has 4 aromatic rings. The normalized spacial score (nSPS) is 18.0. The molecule has 0 unspecified atom stereocenters. The third-order valence-electron chi connectivity index (χ3n) is 6.79. The second-order valence-corrected chi connectivity index (χ2v) is 8.84. The van der Waals surface area contributed by atoms with E-state index in [9.17, 15) is 4.79 Å². The number of nitrogens with zero attached hydrogens (tertiary/aromatic N) is 6. The first-order valence-corrected chi connectivity index (χ1v) is 11.8. The molecule has 2 aromatic heterocycles. The van der Waals surface area contributed by atoms with Crippen molar-refractivity contribution in [1.82, 2.24) is 24.4 Å². The quantitative estimate of drug-likeness (QED) is 0.489. The minimum Gasteiger partial charge on any atom is -0.387 e. The van der Waals surface area contributed by atoms with Crippen LogP contribution in [0.4, 0.5) is 5.95 Å². The lowest BCUT2D eigenvalue weighted by atomic mass is 10.1. The van der Waals surface area contributed by atoms with E-state index in [0.717, 1.165) is 28.0 Å². The molecule has 0 spiro atoms. The van der Waals surface area contributed by atoms with Gasteiger partial charge in [-0.05, 0) is 23.3 Å². The minimum atomic E-state index is -0.449. The summed E-state index contributed by atoms with van der Waals surface area (Å²) >= 11 is 0. The lowest BCUT2D eigenvalue weighted by molar-refractivity contribution is -0.134. The van der Waals surface area contributed by atoms with Gasteiger partial charge in [0.1, 0.15) is 19.0 Å². The fourth-order valence-corrected chi connectivity index (χ4v) is 4.92. The van der Waals surface area contributed by atoms with E-state index < -0.39 is 6.61 Å². The molecule has 0 saturated carbocycles. The van der Waals surface area contributed by atoms with Gasteiger partial charge in [-0.3, -0.25) is 4.79 Å². The summed E-state index contributed by atoms with van der Waals surface area (Å²) in [5.41, 5.74) is 5.19. The van der Waals surface area contributed by atoms with Crippen LogP contribution >= 0.6 is 0 Å². The number of aliphatic hydroxyl groups is 1. The number of aromatic nitrogens is 4. The number of amides is 1. The highest BCUT2D eigenvalue weighted by Gasteiger charge is 2.26. The molecule has 2 aromatic carbocycles. The van der Waals surface area contributed by atoms with Crippen LogP contribution in [0, 0.1) is 0 Å². The summed E-state index contributed by atoms with van der Waals surface area (Å²) in [5, 5.41) is 9.06. The maximum absolute atomic E-state index is 11.7. The Hall–Kier alpha value is -3.82. The Balaban J connectivity index is 1.27. The molecule has 6 rings (SSSR count). The Morgan fingerprint density at radius 2 is 1.77 bits per heavy atom. The number of carbonyl (C=O) groups is 1. The molecule has 1 amide bonds. The van der Waals surface area contributed by atoms with Crippen LogP contribution < -0.4 is 4.90 Å². The lowest BCUT2D eigenvalue weighted by Crippen LogP contribution is -2.50. The van der Waals surface area contributed by atoms with Crippen LogP contribution in [0.2, 0.25) is 0 Å². The van der Waals surface area contributed by atoms with Crippen molar-refractivity contribution >= 4 is 22.9 Å². The van der Waals surface area contributed by atoms with Gasteiger partial charge in [0.05, 0.1) is 23.7 Å². The summed E-state index contributed by atoms with van der Waals surface area (Å²) in [6, 6.07) is 16.7. The molecule has 1 saturated heterocycles. The van der Waals surface area contributed by atoms with Crippen molar-refractivity contribution < 1.29 is 14.6 Å². The highest BCUT2D eigenvalue weighted by molar-refractivity contribution is 5.83. The number of hydrogen-bond donors (Lipinski definition) is 1. The molecule has 9 nitrogen and oxygen atoms in total. The van der Waals surface area contributed by atoms with Gasteiger partial charge in [-0.2, -0.15) is 0 Å². The monoisotopic (exact) mass is 470 g/mol. The third-order valence-corrected chi connectivity index (χ3v) is 6.79. The largest absolute Gasteiger partial charge is 0.387 e. The summed E-state index contributed by atoms with van der Waals surface area (Å²) in [6.07, 6.45) is 3.69. The van der Waals surface area contributed by atoms with Gasteiger partial charge in [0, 0.05) is 44.1 Å². The van der Waals surface area contributed by atoms with Crippen LogP contribution in [0.3, 0.4) is 0 Å². The van der Waals surface area contributed by atoms with Gasteiger partial charge in [0.25, 0.3) is 0 Å². The Labute approximate surface area is 202 Å². The third kappa shape index (κ3) is 4.02. The van der Waals surface area contributed by atoms with E-state index in [4.69, 9.17) is 14.8 Å². The molecule has 1 fully saturated rings. The summed E-state index contributed by atoms with van der Waals surface area (Å²) in [4.78, 5) is 29.4. The number of fused-ring (bicyclic) bond motifs is 3. The number of rotatable bonds is 4. The standard InChI is InChI=1S/C26H26N6O3/c33-15-25(34)30-8-10-31(11-9-30)26-27-13-20(14-28-26)19-6-7-21-22(12-19)32-23(16-35-17-24(32)29-21)18-4-2-1-3-5-18/h1-7,12-14,23,33H,8-11,15-17H2/t23-/m1/s1. The molecule has 178 valence electrons. The number of carbonyl (C=O) groups excluding carboxylic acids is 1. The number of imidazole rings is 1. The maximum atomic E-state index is 11.7. The van der Waals surface area contributed by atoms with Crippen LogP contribution in [0.25, 0.3) is 22.2 Å². The second kappa shape index (κ2) is 9.09. The summed E-state index contributed by atoms with van der Waals surface area (Å²) < 4.78 is 8.15. The van der Waals surface area contributed by atoms with E-state index in [1.54, 1.807) is 4.90 Å². The predicted octanol–water partition coefficient (Wildman–Crippen LogP) is 2.25. The molecular weight excluding hydrogens is 444 g/mol. The predicted molar refractivity (Wildman–Crippen MR) is 131 cm³/mol. The van der Waals surface area contributed by atoms with Gasteiger partial charge in [0.15, 0.2) is 0 Å². The van der Waals surface area contributed by atoms with Gasteiger partial charge in [0.2, 0.25) is 11.9 Å². The molecule has 1 N–H and O–H groups in total. The highest BCUT2D eigenvalue weighted by atomic mass is 16.5. The summed E-state index contributed by atoms with van der Waals surface area (Å²) in [7, 11) is 0. The van der Waals surface area contributed by atoms with Crippen molar-refractivity contribution in [2.24, 2.45) is 0 Å². The zero-order valence-electron chi connectivity index (χ0n) is 19.2. The first-order chi connectivity index (χ1) is 17.2. The Kier molecular flexibility index (Phi) is 5.63. The van der Waals surface area contributed by atoms with Crippen LogP contribution in [-0.2, 0) is 16.1 Å². The van der Waals surface area contributed by atoms with E-state index in [-0.39, 0.29) is 11.9 Å². The zero-order chi connectivity index (χ0) is 23.8. The molecule has 0 aliphatic carbocycles. The van der Waals surface area contributed by atoms with E-state index in [0.29, 0.717) is 45.3 Å². The lowest BCUT2D eigenvalue weighted by Gasteiger charge is -2.34. The van der Waals surface area contributed by atoms with E-state index in [1.807, 2.05) is 24.5 Å². The number of ether oxygens (including phenoxy) is 1. The van der Waals surface area contributed by atoms with Gasteiger partial charge < -0.3 is 24.2 Å². The Bertz CT molecular complexity index is 1350. The topological polar surface area (TPSA) is 96.6 Å². The Morgan fingerprint density at radius 1 is 1.00 bits per heavy atom. The van der Waals surface area contributed by atoms with E-state index >= 15 is 0 Å². The zero-order valence-corrected chi connectivity index (χ0v) is 19.2. The minimum absolute atomic E-state index is 0.0789. The average molecular weight is 471 g/mol. The maximum Gasteiger partial charge on any atom is 0.248 e. The van der Waals surface area contributed by atoms with E-state index in [2.05, 4.69) is 55.8 Å². The van der Waals surface area contributed by atoms with Crippen LogP contribution in [-0.4, -0.2) is 74.8 Å². The smallest absolute Gasteiger partial charge is 0.248 e.